The third-order valence-corrected chi connectivity index (χ3v) is 3.22. The highest BCUT2D eigenvalue weighted by Gasteiger charge is 2.23. The van der Waals surface area contributed by atoms with Gasteiger partial charge in [-0.1, -0.05) is 48.5 Å². The molecule has 1 nitrogen and oxygen atoms in total. The van der Waals surface area contributed by atoms with Crippen LogP contribution >= 0.6 is 0 Å². The third-order valence-electron chi connectivity index (χ3n) is 3.22. The van der Waals surface area contributed by atoms with Crippen molar-refractivity contribution in [2.24, 2.45) is 0 Å². The van der Waals surface area contributed by atoms with Crippen molar-refractivity contribution in [1.29, 1.82) is 5.26 Å². The molecule has 0 saturated heterocycles. The summed E-state index contributed by atoms with van der Waals surface area (Å²) in [5.74, 6) is 0.00565. The molecule has 2 aromatic carbocycles. The molecule has 3 rings (SSSR count). The van der Waals surface area contributed by atoms with Gasteiger partial charge in [0.1, 0.15) is 0 Å². The first-order chi connectivity index (χ1) is 7.90. The summed E-state index contributed by atoms with van der Waals surface area (Å²) in [5.41, 5.74) is 4.96. The molecular formula is C15H11N. The van der Waals surface area contributed by atoms with E-state index < -0.39 is 0 Å². The molecule has 0 aromatic heterocycles. The number of nitrogens with zero attached hydrogens (tertiary/aromatic N) is 1. The molecule has 0 spiro atoms. The number of rotatable bonds is 0. The van der Waals surface area contributed by atoms with Gasteiger partial charge in [0.2, 0.25) is 0 Å². The molecule has 0 N–H and O–H groups in total. The van der Waals surface area contributed by atoms with Crippen molar-refractivity contribution in [3.05, 3.63) is 59.7 Å². The van der Waals surface area contributed by atoms with Crippen LogP contribution in [0.4, 0.5) is 0 Å². The van der Waals surface area contributed by atoms with Gasteiger partial charge in [0, 0.05) is 0 Å². The second-order valence-corrected chi connectivity index (χ2v) is 4.13. The highest BCUT2D eigenvalue weighted by molar-refractivity contribution is 5.74. The van der Waals surface area contributed by atoms with E-state index in [9.17, 15) is 5.26 Å². The number of benzene rings is 2. The lowest BCUT2D eigenvalue weighted by molar-refractivity contribution is 0.836. The minimum atomic E-state index is 0.00565. The molecule has 0 aliphatic heterocycles. The number of hydrogen-bond acceptors (Lipinski definition) is 1. The van der Waals surface area contributed by atoms with Gasteiger partial charge < -0.3 is 0 Å². The van der Waals surface area contributed by atoms with Gasteiger partial charge >= 0.3 is 0 Å². The molecule has 2 aromatic rings. The van der Waals surface area contributed by atoms with Crippen molar-refractivity contribution in [3.63, 3.8) is 0 Å². The molecule has 1 aliphatic rings. The van der Waals surface area contributed by atoms with E-state index in [1.54, 1.807) is 0 Å². The quantitative estimate of drug-likeness (QED) is 0.645. The second-order valence-electron chi connectivity index (χ2n) is 4.13. The fraction of sp³-hybridized carbons (Fsp3) is 0.133. The van der Waals surface area contributed by atoms with E-state index in [-0.39, 0.29) is 5.92 Å². The second kappa shape index (κ2) is 3.50. The lowest BCUT2D eigenvalue weighted by atomic mass is 9.79. The molecule has 0 saturated carbocycles. The average molecular weight is 205 g/mol. The molecule has 1 atom stereocenters. The van der Waals surface area contributed by atoms with Gasteiger partial charge in [0.15, 0.2) is 0 Å². The Kier molecular flexibility index (Phi) is 2.01. The summed E-state index contributed by atoms with van der Waals surface area (Å²) in [6.45, 7) is 0. The van der Waals surface area contributed by atoms with Crippen LogP contribution in [0.1, 0.15) is 17.0 Å². The lowest BCUT2D eigenvalue weighted by Gasteiger charge is -2.23. The fourth-order valence-electron chi connectivity index (χ4n) is 2.45. The van der Waals surface area contributed by atoms with Crippen LogP contribution in [0.5, 0.6) is 0 Å². The molecule has 0 radical (unpaired) electrons. The Hall–Kier alpha value is -2.07. The lowest BCUT2D eigenvalue weighted by Crippen LogP contribution is -2.09. The van der Waals surface area contributed by atoms with E-state index in [0.717, 1.165) is 6.42 Å². The molecule has 1 heteroatoms. The van der Waals surface area contributed by atoms with Crippen LogP contribution in [0.25, 0.3) is 11.1 Å². The Morgan fingerprint density at radius 2 is 1.62 bits per heavy atom. The van der Waals surface area contributed by atoms with E-state index in [1.165, 1.54) is 22.3 Å². The van der Waals surface area contributed by atoms with Crippen LogP contribution in [0.15, 0.2) is 48.5 Å². The summed E-state index contributed by atoms with van der Waals surface area (Å²) in [6.07, 6.45) is 0.837. The fourth-order valence-corrected chi connectivity index (χ4v) is 2.45. The van der Waals surface area contributed by atoms with Gasteiger partial charge in [0.05, 0.1) is 12.0 Å². The molecule has 0 heterocycles. The zero-order chi connectivity index (χ0) is 11.0. The maximum absolute atomic E-state index is 9.21. The molecule has 16 heavy (non-hydrogen) atoms. The molecule has 0 fully saturated rings. The topological polar surface area (TPSA) is 23.8 Å². The molecular weight excluding hydrogens is 194 g/mol. The van der Waals surface area contributed by atoms with Crippen LogP contribution in [-0.4, -0.2) is 0 Å². The summed E-state index contributed by atoms with van der Waals surface area (Å²) < 4.78 is 0. The molecule has 1 unspecified atom stereocenters. The van der Waals surface area contributed by atoms with Crippen LogP contribution < -0.4 is 0 Å². The van der Waals surface area contributed by atoms with E-state index in [4.69, 9.17) is 0 Å². The minimum absolute atomic E-state index is 0.00565. The predicted octanol–water partition coefficient (Wildman–Crippen LogP) is 3.52. The summed E-state index contributed by atoms with van der Waals surface area (Å²) in [4.78, 5) is 0. The van der Waals surface area contributed by atoms with Crippen LogP contribution in [0.3, 0.4) is 0 Å². The molecule has 1 aliphatic carbocycles. The van der Waals surface area contributed by atoms with Crippen molar-refractivity contribution in [2.75, 3.05) is 0 Å². The normalized spacial score (nSPS) is 17.1. The highest BCUT2D eigenvalue weighted by Crippen LogP contribution is 2.38. The zero-order valence-electron chi connectivity index (χ0n) is 8.85. The Balaban J connectivity index is 2.29. The first kappa shape index (κ1) is 9.18. The number of hydrogen-bond donors (Lipinski definition) is 0. The minimum Gasteiger partial charge on any atom is -0.198 e. The summed E-state index contributed by atoms with van der Waals surface area (Å²) in [5, 5.41) is 9.21. The Bertz CT molecular complexity index is 578. The van der Waals surface area contributed by atoms with Crippen molar-refractivity contribution in [1.82, 2.24) is 0 Å². The van der Waals surface area contributed by atoms with Crippen molar-refractivity contribution in [2.45, 2.75) is 12.3 Å². The third kappa shape index (κ3) is 1.24. The Labute approximate surface area is 95.0 Å². The Morgan fingerprint density at radius 3 is 2.44 bits per heavy atom. The standard InChI is InChI=1S/C15H11N/c16-10-12-9-11-5-1-2-6-13(11)15-8-4-3-7-14(12)15/h1-8,12H,9H2. The van der Waals surface area contributed by atoms with Gasteiger partial charge in [-0.25, -0.2) is 0 Å². The summed E-state index contributed by atoms with van der Waals surface area (Å²) in [6, 6.07) is 19.0. The summed E-state index contributed by atoms with van der Waals surface area (Å²) >= 11 is 0. The van der Waals surface area contributed by atoms with Crippen molar-refractivity contribution >= 4 is 0 Å². The smallest absolute Gasteiger partial charge is 0.0759 e. The largest absolute Gasteiger partial charge is 0.198 e. The summed E-state index contributed by atoms with van der Waals surface area (Å²) in [7, 11) is 0. The average Bonchev–Trinajstić information content (AvgIpc) is 2.38. The van der Waals surface area contributed by atoms with Crippen LogP contribution in [0.2, 0.25) is 0 Å². The van der Waals surface area contributed by atoms with Crippen molar-refractivity contribution < 1.29 is 0 Å². The van der Waals surface area contributed by atoms with Gasteiger partial charge in [-0.05, 0) is 28.7 Å². The predicted molar refractivity (Wildman–Crippen MR) is 63.9 cm³/mol. The first-order valence-corrected chi connectivity index (χ1v) is 5.47. The maximum atomic E-state index is 9.21. The Morgan fingerprint density at radius 1 is 0.938 bits per heavy atom. The monoisotopic (exact) mass is 205 g/mol. The van der Waals surface area contributed by atoms with Crippen LogP contribution in [0, 0.1) is 11.3 Å². The van der Waals surface area contributed by atoms with E-state index >= 15 is 0 Å². The van der Waals surface area contributed by atoms with Gasteiger partial charge in [0.25, 0.3) is 0 Å². The first-order valence-electron chi connectivity index (χ1n) is 5.47. The number of fused-ring (bicyclic) bond motifs is 3. The molecule has 76 valence electrons. The van der Waals surface area contributed by atoms with Gasteiger partial charge in [-0.15, -0.1) is 0 Å². The maximum Gasteiger partial charge on any atom is 0.0759 e. The SMILES string of the molecule is N#CC1Cc2ccccc2-c2ccccc21. The number of nitriles is 1. The van der Waals surface area contributed by atoms with E-state index in [1.807, 2.05) is 18.2 Å². The van der Waals surface area contributed by atoms with Crippen molar-refractivity contribution in [3.8, 4) is 17.2 Å². The highest BCUT2D eigenvalue weighted by atomic mass is 14.3. The van der Waals surface area contributed by atoms with E-state index in [0.29, 0.717) is 0 Å². The zero-order valence-corrected chi connectivity index (χ0v) is 8.85. The van der Waals surface area contributed by atoms with Gasteiger partial charge in [-0.3, -0.25) is 0 Å². The molecule has 0 bridgehead atoms. The van der Waals surface area contributed by atoms with Crippen LogP contribution in [-0.2, 0) is 6.42 Å². The van der Waals surface area contributed by atoms with E-state index in [2.05, 4.69) is 36.4 Å². The van der Waals surface area contributed by atoms with Gasteiger partial charge in [-0.2, -0.15) is 5.26 Å². The molecule has 0 amide bonds.